The molecule has 0 bridgehead atoms. The minimum absolute atomic E-state index is 0.107. The van der Waals surface area contributed by atoms with Gasteiger partial charge < -0.3 is 5.11 Å². The van der Waals surface area contributed by atoms with E-state index in [1.807, 2.05) is 37.3 Å². The molecule has 0 aliphatic rings. The number of nitrogens with zero attached hydrogens (tertiary/aromatic N) is 3. The molecule has 0 saturated heterocycles. The summed E-state index contributed by atoms with van der Waals surface area (Å²) in [5.74, 6) is -1.02. The van der Waals surface area contributed by atoms with Crippen molar-refractivity contribution in [3.8, 4) is 11.3 Å². The second kappa shape index (κ2) is 4.45. The second-order valence-corrected chi connectivity index (χ2v) is 4.65. The minimum Gasteiger partial charge on any atom is -0.476 e. The summed E-state index contributed by atoms with van der Waals surface area (Å²) in [7, 11) is 0. The fourth-order valence-electron chi connectivity index (χ4n) is 2.29. The van der Waals surface area contributed by atoms with Gasteiger partial charge in [-0.3, -0.25) is 0 Å². The van der Waals surface area contributed by atoms with Gasteiger partial charge in [-0.2, -0.15) is 5.10 Å². The third-order valence-electron chi connectivity index (χ3n) is 3.28. The molecule has 0 aliphatic carbocycles. The number of fused-ring (bicyclic) bond motifs is 1. The first-order valence-corrected chi connectivity index (χ1v) is 6.23. The van der Waals surface area contributed by atoms with Crippen LogP contribution in [-0.4, -0.2) is 25.7 Å². The number of aromatic carboxylic acids is 1. The lowest BCUT2D eigenvalue weighted by Gasteiger charge is -2.05. The third-order valence-corrected chi connectivity index (χ3v) is 3.28. The van der Waals surface area contributed by atoms with E-state index in [0.717, 1.165) is 16.8 Å². The van der Waals surface area contributed by atoms with Gasteiger partial charge in [0.25, 0.3) is 0 Å². The van der Waals surface area contributed by atoms with Crippen molar-refractivity contribution in [2.75, 3.05) is 0 Å². The Kier molecular flexibility index (Phi) is 2.75. The van der Waals surface area contributed by atoms with Gasteiger partial charge in [-0.1, -0.05) is 24.3 Å². The van der Waals surface area contributed by atoms with Gasteiger partial charge in [-0.05, 0) is 31.5 Å². The first kappa shape index (κ1) is 12.3. The molecule has 3 aromatic rings. The SMILES string of the molecule is Cc1ccccc1-c1ccc2nc(C)c(C(=O)O)n2n1. The second-order valence-electron chi connectivity index (χ2n) is 4.65. The Balaban J connectivity index is 2.28. The molecule has 0 fully saturated rings. The van der Waals surface area contributed by atoms with Gasteiger partial charge in [0.2, 0.25) is 0 Å². The van der Waals surface area contributed by atoms with Gasteiger partial charge in [0.05, 0.1) is 11.4 Å². The van der Waals surface area contributed by atoms with Crippen molar-refractivity contribution in [3.63, 3.8) is 0 Å². The zero-order valence-corrected chi connectivity index (χ0v) is 11.2. The van der Waals surface area contributed by atoms with Crippen molar-refractivity contribution >= 4 is 11.6 Å². The quantitative estimate of drug-likeness (QED) is 0.775. The highest BCUT2D eigenvalue weighted by atomic mass is 16.4. The Bertz CT molecular complexity index is 821. The molecule has 1 N–H and O–H groups in total. The number of carboxylic acids is 1. The number of hydrogen-bond acceptors (Lipinski definition) is 3. The Labute approximate surface area is 115 Å². The fourth-order valence-corrected chi connectivity index (χ4v) is 2.29. The lowest BCUT2D eigenvalue weighted by atomic mass is 10.1. The standard InChI is InChI=1S/C15H13N3O2/c1-9-5-3-4-6-11(9)12-7-8-13-16-10(2)14(15(19)20)18(13)17-12/h3-8H,1-2H3,(H,19,20). The first-order chi connectivity index (χ1) is 9.58. The molecule has 0 radical (unpaired) electrons. The van der Waals surface area contributed by atoms with Crippen molar-refractivity contribution in [1.29, 1.82) is 0 Å². The number of aryl methyl sites for hydroxylation is 2. The molecule has 2 heterocycles. The van der Waals surface area contributed by atoms with Crippen molar-refractivity contribution in [1.82, 2.24) is 14.6 Å². The average molecular weight is 267 g/mol. The van der Waals surface area contributed by atoms with Gasteiger partial charge in [-0.15, -0.1) is 0 Å². The van der Waals surface area contributed by atoms with Crippen LogP contribution >= 0.6 is 0 Å². The summed E-state index contributed by atoms with van der Waals surface area (Å²) >= 11 is 0. The summed E-state index contributed by atoms with van der Waals surface area (Å²) in [6.45, 7) is 3.67. The van der Waals surface area contributed by atoms with Gasteiger partial charge in [0.1, 0.15) is 0 Å². The highest BCUT2D eigenvalue weighted by Gasteiger charge is 2.17. The Morgan fingerprint density at radius 2 is 1.90 bits per heavy atom. The fraction of sp³-hybridized carbons (Fsp3) is 0.133. The lowest BCUT2D eigenvalue weighted by Crippen LogP contribution is -2.06. The number of hydrogen-bond donors (Lipinski definition) is 1. The van der Waals surface area contributed by atoms with Crippen LogP contribution in [0.4, 0.5) is 0 Å². The molecule has 0 atom stereocenters. The number of benzene rings is 1. The van der Waals surface area contributed by atoms with Crippen LogP contribution in [0.1, 0.15) is 21.7 Å². The van der Waals surface area contributed by atoms with Crippen LogP contribution in [0.3, 0.4) is 0 Å². The maximum absolute atomic E-state index is 11.3. The summed E-state index contributed by atoms with van der Waals surface area (Å²) in [5, 5.41) is 13.7. The summed E-state index contributed by atoms with van der Waals surface area (Å²) < 4.78 is 1.39. The molecule has 2 aromatic heterocycles. The zero-order chi connectivity index (χ0) is 14.3. The molecule has 0 unspecified atom stereocenters. The van der Waals surface area contributed by atoms with Gasteiger partial charge >= 0.3 is 5.97 Å². The summed E-state index contributed by atoms with van der Waals surface area (Å²) in [5.41, 5.74) is 3.92. The number of rotatable bonds is 2. The van der Waals surface area contributed by atoms with Gasteiger partial charge in [0, 0.05) is 5.56 Å². The maximum atomic E-state index is 11.3. The summed E-state index contributed by atoms with van der Waals surface area (Å²) in [4.78, 5) is 15.5. The van der Waals surface area contributed by atoms with Gasteiger partial charge in [0.15, 0.2) is 11.3 Å². The van der Waals surface area contributed by atoms with Crippen LogP contribution < -0.4 is 0 Å². The molecule has 1 aromatic carbocycles. The first-order valence-electron chi connectivity index (χ1n) is 6.23. The highest BCUT2D eigenvalue weighted by molar-refractivity contribution is 5.88. The van der Waals surface area contributed by atoms with E-state index in [4.69, 9.17) is 0 Å². The molecule has 100 valence electrons. The van der Waals surface area contributed by atoms with E-state index in [0.29, 0.717) is 11.3 Å². The predicted octanol–water partition coefficient (Wildman–Crippen LogP) is 2.71. The van der Waals surface area contributed by atoms with E-state index < -0.39 is 5.97 Å². The van der Waals surface area contributed by atoms with Crippen molar-refractivity contribution in [2.24, 2.45) is 0 Å². The summed E-state index contributed by atoms with van der Waals surface area (Å²) in [6, 6.07) is 11.5. The van der Waals surface area contributed by atoms with Crippen LogP contribution in [0.5, 0.6) is 0 Å². The minimum atomic E-state index is -1.02. The molecule has 0 spiro atoms. The van der Waals surface area contributed by atoms with Crippen LogP contribution in [0.2, 0.25) is 0 Å². The largest absolute Gasteiger partial charge is 0.476 e. The molecule has 0 amide bonds. The normalized spacial score (nSPS) is 10.9. The van der Waals surface area contributed by atoms with Crippen molar-refractivity contribution < 1.29 is 9.90 Å². The molecular weight excluding hydrogens is 254 g/mol. The molecule has 0 saturated carbocycles. The van der Waals surface area contributed by atoms with Crippen LogP contribution in [0.25, 0.3) is 16.9 Å². The predicted molar refractivity (Wildman–Crippen MR) is 74.9 cm³/mol. The van der Waals surface area contributed by atoms with Crippen LogP contribution in [0.15, 0.2) is 36.4 Å². The van der Waals surface area contributed by atoms with Crippen LogP contribution in [-0.2, 0) is 0 Å². The lowest BCUT2D eigenvalue weighted by molar-refractivity contribution is 0.0687. The van der Waals surface area contributed by atoms with Crippen molar-refractivity contribution in [3.05, 3.63) is 53.3 Å². The molecular formula is C15H13N3O2. The Morgan fingerprint density at radius 1 is 1.15 bits per heavy atom. The summed E-state index contributed by atoms with van der Waals surface area (Å²) in [6.07, 6.45) is 0. The number of aromatic nitrogens is 3. The molecule has 0 aliphatic heterocycles. The molecule has 3 rings (SSSR count). The maximum Gasteiger partial charge on any atom is 0.356 e. The van der Waals surface area contributed by atoms with E-state index in [1.54, 1.807) is 13.0 Å². The van der Waals surface area contributed by atoms with E-state index in [1.165, 1.54) is 4.52 Å². The Hall–Kier alpha value is -2.69. The third kappa shape index (κ3) is 1.84. The molecule has 5 heteroatoms. The number of imidazole rings is 1. The topological polar surface area (TPSA) is 67.5 Å². The molecule has 5 nitrogen and oxygen atoms in total. The number of carbonyl (C=O) groups is 1. The van der Waals surface area contributed by atoms with E-state index in [-0.39, 0.29) is 5.69 Å². The molecule has 20 heavy (non-hydrogen) atoms. The van der Waals surface area contributed by atoms with Crippen LogP contribution in [0, 0.1) is 13.8 Å². The number of carboxylic acid groups (broad SMARTS) is 1. The Morgan fingerprint density at radius 3 is 2.60 bits per heavy atom. The van der Waals surface area contributed by atoms with Crippen molar-refractivity contribution in [2.45, 2.75) is 13.8 Å². The average Bonchev–Trinajstić information content (AvgIpc) is 2.74. The monoisotopic (exact) mass is 267 g/mol. The zero-order valence-electron chi connectivity index (χ0n) is 11.2. The van der Waals surface area contributed by atoms with E-state index in [2.05, 4.69) is 10.1 Å². The van der Waals surface area contributed by atoms with Gasteiger partial charge in [-0.25, -0.2) is 14.3 Å². The van der Waals surface area contributed by atoms with E-state index in [9.17, 15) is 9.90 Å². The highest BCUT2D eigenvalue weighted by Crippen LogP contribution is 2.22. The van der Waals surface area contributed by atoms with E-state index >= 15 is 0 Å². The smallest absolute Gasteiger partial charge is 0.356 e.